The van der Waals surface area contributed by atoms with Crippen molar-refractivity contribution in [3.05, 3.63) is 83.6 Å². The molecule has 1 saturated carbocycles. The van der Waals surface area contributed by atoms with Crippen LogP contribution in [-0.4, -0.2) is 53.0 Å². The minimum atomic E-state index is -0.281. The topological polar surface area (TPSA) is 61.4 Å². The van der Waals surface area contributed by atoms with Gasteiger partial charge in [0, 0.05) is 44.0 Å². The highest BCUT2D eigenvalue weighted by molar-refractivity contribution is 5.87. The molecule has 35 heavy (non-hydrogen) atoms. The van der Waals surface area contributed by atoms with Crippen molar-refractivity contribution in [3.63, 3.8) is 0 Å². The van der Waals surface area contributed by atoms with E-state index in [1.807, 2.05) is 48.2 Å². The number of hydrogen-bond acceptors (Lipinski definition) is 5. The van der Waals surface area contributed by atoms with Crippen LogP contribution < -0.4 is 10.2 Å². The van der Waals surface area contributed by atoms with Gasteiger partial charge in [0.2, 0.25) is 11.9 Å². The summed E-state index contributed by atoms with van der Waals surface area (Å²) in [5.74, 6) is 1.57. The van der Waals surface area contributed by atoms with Crippen LogP contribution in [0.15, 0.2) is 66.7 Å². The smallest absolute Gasteiger partial charge is 0.234 e. The number of carbonyl (C=O) groups is 1. The number of hydrogen-bond donors (Lipinski definition) is 1. The normalized spacial score (nSPS) is 17.0. The van der Waals surface area contributed by atoms with Gasteiger partial charge in [0.25, 0.3) is 0 Å². The van der Waals surface area contributed by atoms with Crippen LogP contribution in [0.1, 0.15) is 54.8 Å². The summed E-state index contributed by atoms with van der Waals surface area (Å²) in [5, 5.41) is 3.57. The van der Waals surface area contributed by atoms with E-state index in [9.17, 15) is 4.79 Å². The first-order valence-corrected chi connectivity index (χ1v) is 12.9. The minimum absolute atomic E-state index is 0.167. The highest BCUT2D eigenvalue weighted by atomic mass is 16.2. The Hall–Kier alpha value is -3.41. The highest BCUT2D eigenvalue weighted by Gasteiger charge is 2.30. The van der Waals surface area contributed by atoms with E-state index in [1.54, 1.807) is 0 Å². The number of anilines is 2. The Morgan fingerprint density at radius 2 is 1.46 bits per heavy atom. The number of nitrogens with one attached hydrogen (secondary N) is 1. The van der Waals surface area contributed by atoms with Gasteiger partial charge in [0.05, 0.1) is 5.92 Å². The molecule has 6 nitrogen and oxygen atoms in total. The van der Waals surface area contributed by atoms with E-state index in [4.69, 9.17) is 4.98 Å². The van der Waals surface area contributed by atoms with Crippen molar-refractivity contribution in [2.24, 2.45) is 0 Å². The molecule has 5 rings (SSSR count). The Balaban J connectivity index is 1.28. The molecule has 0 bridgehead atoms. The summed E-state index contributed by atoms with van der Waals surface area (Å²) in [7, 11) is 0. The maximum Gasteiger partial charge on any atom is 0.234 e. The SMILES string of the molecule is Cc1cc(N2CCN(C(=O)C(c3ccccc3)c3ccccc3)CC2)nc(NC2CCCCC2)n1. The van der Waals surface area contributed by atoms with Crippen LogP contribution in [0.3, 0.4) is 0 Å². The average molecular weight is 470 g/mol. The zero-order valence-corrected chi connectivity index (χ0v) is 20.6. The first kappa shape index (κ1) is 23.3. The molecule has 0 spiro atoms. The second kappa shape index (κ2) is 10.9. The number of benzene rings is 2. The van der Waals surface area contributed by atoms with E-state index in [0.29, 0.717) is 19.1 Å². The van der Waals surface area contributed by atoms with Crippen molar-refractivity contribution < 1.29 is 4.79 Å². The van der Waals surface area contributed by atoms with E-state index < -0.39 is 0 Å². The Labute approximate surface area is 208 Å². The van der Waals surface area contributed by atoms with Crippen LogP contribution >= 0.6 is 0 Å². The van der Waals surface area contributed by atoms with Gasteiger partial charge >= 0.3 is 0 Å². The third-order valence-corrected chi connectivity index (χ3v) is 7.21. The van der Waals surface area contributed by atoms with Gasteiger partial charge in [-0.15, -0.1) is 0 Å². The molecule has 0 atom stereocenters. The quantitative estimate of drug-likeness (QED) is 0.550. The highest BCUT2D eigenvalue weighted by Crippen LogP contribution is 2.28. The average Bonchev–Trinajstić information content (AvgIpc) is 2.90. The third-order valence-electron chi connectivity index (χ3n) is 7.21. The molecule has 1 saturated heterocycles. The molecule has 1 amide bonds. The van der Waals surface area contributed by atoms with Gasteiger partial charge in [-0.3, -0.25) is 4.79 Å². The number of aryl methyl sites for hydroxylation is 1. The molecule has 2 heterocycles. The number of rotatable bonds is 6. The van der Waals surface area contributed by atoms with Crippen LogP contribution in [0.5, 0.6) is 0 Å². The van der Waals surface area contributed by atoms with Crippen molar-refractivity contribution in [2.75, 3.05) is 36.4 Å². The fourth-order valence-electron chi connectivity index (χ4n) is 5.32. The summed E-state index contributed by atoms with van der Waals surface area (Å²) in [6.07, 6.45) is 6.27. The van der Waals surface area contributed by atoms with Crippen LogP contribution in [-0.2, 0) is 4.79 Å². The Morgan fingerprint density at radius 3 is 2.06 bits per heavy atom. The monoisotopic (exact) mass is 469 g/mol. The predicted octanol–water partition coefficient (Wildman–Crippen LogP) is 5.01. The first-order chi connectivity index (χ1) is 17.2. The number of amides is 1. The van der Waals surface area contributed by atoms with Crippen molar-refractivity contribution in [1.82, 2.24) is 14.9 Å². The molecule has 1 N–H and O–H groups in total. The van der Waals surface area contributed by atoms with Gasteiger partial charge < -0.3 is 15.1 Å². The van der Waals surface area contributed by atoms with Crippen molar-refractivity contribution >= 4 is 17.7 Å². The van der Waals surface area contributed by atoms with Gasteiger partial charge in [0.15, 0.2) is 0 Å². The predicted molar refractivity (Wildman–Crippen MR) is 141 cm³/mol. The largest absolute Gasteiger partial charge is 0.353 e. The lowest BCUT2D eigenvalue weighted by Crippen LogP contribution is -2.50. The van der Waals surface area contributed by atoms with Gasteiger partial charge in [-0.2, -0.15) is 4.98 Å². The van der Waals surface area contributed by atoms with Crippen LogP contribution in [0.25, 0.3) is 0 Å². The fraction of sp³-hybridized carbons (Fsp3) is 0.414. The molecule has 3 aromatic rings. The van der Waals surface area contributed by atoms with Crippen LogP contribution in [0, 0.1) is 6.92 Å². The second-order valence-corrected chi connectivity index (χ2v) is 9.74. The Kier molecular flexibility index (Phi) is 7.26. The summed E-state index contributed by atoms with van der Waals surface area (Å²) < 4.78 is 0. The van der Waals surface area contributed by atoms with Crippen molar-refractivity contribution in [2.45, 2.75) is 51.0 Å². The lowest BCUT2D eigenvalue weighted by Gasteiger charge is -2.37. The van der Waals surface area contributed by atoms with Gasteiger partial charge in [-0.1, -0.05) is 79.9 Å². The summed E-state index contributed by atoms with van der Waals surface area (Å²) in [4.78, 5) is 27.5. The fourth-order valence-corrected chi connectivity index (χ4v) is 5.32. The Morgan fingerprint density at radius 1 is 0.857 bits per heavy atom. The minimum Gasteiger partial charge on any atom is -0.353 e. The summed E-state index contributed by atoms with van der Waals surface area (Å²) in [6, 6.07) is 22.8. The zero-order chi connectivity index (χ0) is 24.0. The molecule has 182 valence electrons. The molecular weight excluding hydrogens is 434 g/mol. The van der Waals surface area contributed by atoms with Crippen molar-refractivity contribution in [1.29, 1.82) is 0 Å². The zero-order valence-electron chi connectivity index (χ0n) is 20.6. The maximum atomic E-state index is 13.7. The van der Waals surface area contributed by atoms with Crippen LogP contribution in [0.2, 0.25) is 0 Å². The van der Waals surface area contributed by atoms with Gasteiger partial charge in [0.1, 0.15) is 5.82 Å². The van der Waals surface area contributed by atoms with Crippen molar-refractivity contribution in [3.8, 4) is 0 Å². The molecule has 1 aliphatic heterocycles. The lowest BCUT2D eigenvalue weighted by atomic mass is 9.90. The summed E-state index contributed by atoms with van der Waals surface area (Å²) >= 11 is 0. The number of piperazine rings is 1. The van der Waals surface area contributed by atoms with Gasteiger partial charge in [-0.05, 0) is 30.9 Å². The number of carbonyl (C=O) groups excluding carboxylic acids is 1. The number of nitrogens with zero attached hydrogens (tertiary/aromatic N) is 4. The van der Waals surface area contributed by atoms with E-state index in [1.165, 1.54) is 32.1 Å². The van der Waals surface area contributed by atoms with E-state index >= 15 is 0 Å². The molecule has 0 unspecified atom stereocenters. The first-order valence-electron chi connectivity index (χ1n) is 12.9. The molecule has 1 aliphatic carbocycles. The maximum absolute atomic E-state index is 13.7. The summed E-state index contributed by atoms with van der Waals surface area (Å²) in [5.41, 5.74) is 3.05. The lowest BCUT2D eigenvalue weighted by molar-refractivity contribution is -0.132. The van der Waals surface area contributed by atoms with Crippen LogP contribution in [0.4, 0.5) is 11.8 Å². The molecule has 0 radical (unpaired) electrons. The Bertz CT molecular complexity index is 1070. The molecule has 1 aromatic heterocycles. The standard InChI is InChI=1S/C29H35N5O/c1-22-21-26(32-29(30-22)31-25-15-9-4-10-16-25)33-17-19-34(20-18-33)28(35)27(23-11-5-2-6-12-23)24-13-7-3-8-14-24/h2-3,5-8,11-14,21,25,27H,4,9-10,15-20H2,1H3,(H,30,31,32). The molecule has 2 fully saturated rings. The van der Waals surface area contributed by atoms with Gasteiger partial charge in [-0.25, -0.2) is 4.98 Å². The van der Waals surface area contributed by atoms with E-state index in [-0.39, 0.29) is 11.8 Å². The number of aromatic nitrogens is 2. The molecule has 2 aromatic carbocycles. The molecule has 2 aliphatic rings. The van der Waals surface area contributed by atoms with E-state index in [0.717, 1.165) is 41.7 Å². The summed E-state index contributed by atoms with van der Waals surface area (Å²) in [6.45, 7) is 4.93. The second-order valence-electron chi connectivity index (χ2n) is 9.74. The third kappa shape index (κ3) is 5.64. The molecule has 6 heteroatoms. The molecular formula is C29H35N5O. The van der Waals surface area contributed by atoms with E-state index in [2.05, 4.69) is 45.5 Å².